The molecule has 2 fully saturated rings. The third-order valence-corrected chi connectivity index (χ3v) is 5.55. The molecule has 1 aliphatic carbocycles. The van der Waals surface area contributed by atoms with Crippen LogP contribution in [0.5, 0.6) is 0 Å². The maximum absolute atomic E-state index is 12.9. The van der Waals surface area contributed by atoms with Crippen LogP contribution in [0.2, 0.25) is 0 Å². The van der Waals surface area contributed by atoms with Gasteiger partial charge in [0.25, 0.3) is 5.91 Å². The first kappa shape index (κ1) is 14.0. The van der Waals surface area contributed by atoms with Crippen molar-refractivity contribution in [3.05, 3.63) is 29.7 Å². The molecule has 3 heterocycles. The summed E-state index contributed by atoms with van der Waals surface area (Å²) in [5, 5.41) is 2.66. The zero-order chi connectivity index (χ0) is 15.2. The maximum atomic E-state index is 12.9. The van der Waals surface area contributed by atoms with Crippen molar-refractivity contribution >= 4 is 17.2 Å². The van der Waals surface area contributed by atoms with Crippen LogP contribution in [0.25, 0.3) is 10.6 Å². The number of hydrogen-bond donors (Lipinski definition) is 0. The van der Waals surface area contributed by atoms with Crippen molar-refractivity contribution in [2.45, 2.75) is 25.3 Å². The molecule has 0 spiro atoms. The fourth-order valence-corrected chi connectivity index (χ4v) is 3.95. The Balaban J connectivity index is 1.60. The molecule has 0 N–H and O–H groups in total. The van der Waals surface area contributed by atoms with Gasteiger partial charge in [-0.3, -0.25) is 4.79 Å². The Labute approximate surface area is 132 Å². The van der Waals surface area contributed by atoms with E-state index in [0.717, 1.165) is 10.6 Å². The first-order valence-electron chi connectivity index (χ1n) is 7.56. The van der Waals surface area contributed by atoms with Gasteiger partial charge in [0.2, 0.25) is 0 Å². The molecule has 1 atom stereocenters. The summed E-state index contributed by atoms with van der Waals surface area (Å²) >= 11 is 1.47. The van der Waals surface area contributed by atoms with Gasteiger partial charge in [-0.1, -0.05) is 0 Å². The number of thiazole rings is 1. The molecule has 2 aliphatic rings. The monoisotopic (exact) mass is 318 g/mol. The lowest BCUT2D eigenvalue weighted by Crippen LogP contribution is -2.58. The van der Waals surface area contributed by atoms with E-state index in [4.69, 9.17) is 9.15 Å². The Morgan fingerprint density at radius 2 is 2.36 bits per heavy atom. The molecule has 0 bridgehead atoms. The van der Waals surface area contributed by atoms with E-state index >= 15 is 0 Å². The lowest BCUT2D eigenvalue weighted by atomic mass is 9.92. The Kier molecular flexibility index (Phi) is 3.31. The van der Waals surface area contributed by atoms with Crippen molar-refractivity contribution in [2.75, 3.05) is 19.8 Å². The molecule has 2 aromatic rings. The van der Waals surface area contributed by atoms with E-state index in [1.54, 1.807) is 12.5 Å². The van der Waals surface area contributed by atoms with Crippen LogP contribution in [-0.2, 0) is 4.74 Å². The van der Waals surface area contributed by atoms with Crippen LogP contribution < -0.4 is 0 Å². The first-order chi connectivity index (χ1) is 10.7. The number of rotatable bonds is 3. The predicted molar refractivity (Wildman–Crippen MR) is 82.8 cm³/mol. The minimum atomic E-state index is -0.186. The maximum Gasteiger partial charge on any atom is 0.273 e. The average molecular weight is 318 g/mol. The summed E-state index contributed by atoms with van der Waals surface area (Å²) in [7, 11) is 0. The van der Waals surface area contributed by atoms with Crippen LogP contribution in [-0.4, -0.2) is 41.1 Å². The van der Waals surface area contributed by atoms with Gasteiger partial charge in [0.15, 0.2) is 0 Å². The summed E-state index contributed by atoms with van der Waals surface area (Å²) < 4.78 is 10.7. The fraction of sp³-hybridized carbons (Fsp3) is 0.500. The van der Waals surface area contributed by atoms with Crippen LogP contribution in [0.1, 0.15) is 30.3 Å². The number of carbonyl (C=O) groups is 1. The molecule has 1 unspecified atom stereocenters. The summed E-state index contributed by atoms with van der Waals surface area (Å²) in [6.07, 6.45) is 5.63. The fourth-order valence-electron chi connectivity index (χ4n) is 3.17. The SMILES string of the molecule is CC1(C2CC2)COCCN1C(=O)c1csc(-c2ccoc2)n1. The summed E-state index contributed by atoms with van der Waals surface area (Å²) in [4.78, 5) is 19.4. The van der Waals surface area contributed by atoms with Crippen LogP contribution in [0, 0.1) is 5.92 Å². The van der Waals surface area contributed by atoms with Gasteiger partial charge in [0, 0.05) is 17.5 Å². The molecule has 6 heteroatoms. The molecule has 0 aromatic carbocycles. The smallest absolute Gasteiger partial charge is 0.273 e. The van der Waals surface area contributed by atoms with Gasteiger partial charge in [-0.2, -0.15) is 0 Å². The van der Waals surface area contributed by atoms with Crippen LogP contribution in [0.3, 0.4) is 0 Å². The molecule has 1 saturated carbocycles. The van der Waals surface area contributed by atoms with Gasteiger partial charge >= 0.3 is 0 Å². The Hall–Kier alpha value is -1.66. The molecule has 4 rings (SSSR count). The number of nitrogens with zero attached hydrogens (tertiary/aromatic N) is 2. The zero-order valence-electron chi connectivity index (χ0n) is 12.4. The topological polar surface area (TPSA) is 55.6 Å². The summed E-state index contributed by atoms with van der Waals surface area (Å²) in [6, 6.07) is 1.86. The molecule has 2 aromatic heterocycles. The zero-order valence-corrected chi connectivity index (χ0v) is 13.3. The second-order valence-corrected chi connectivity index (χ2v) is 7.05. The van der Waals surface area contributed by atoms with E-state index in [1.807, 2.05) is 16.3 Å². The molecule has 0 radical (unpaired) electrons. The summed E-state index contributed by atoms with van der Waals surface area (Å²) in [5.41, 5.74) is 1.25. The van der Waals surface area contributed by atoms with Gasteiger partial charge in [0.05, 0.1) is 25.0 Å². The predicted octanol–water partition coefficient (Wildman–Crippen LogP) is 3.04. The lowest BCUT2D eigenvalue weighted by Gasteiger charge is -2.44. The normalized spacial score (nSPS) is 25.4. The Morgan fingerprint density at radius 3 is 3.09 bits per heavy atom. The summed E-state index contributed by atoms with van der Waals surface area (Å²) in [5.74, 6) is 0.576. The highest BCUT2D eigenvalue weighted by Gasteiger charge is 2.49. The molecule has 1 aliphatic heterocycles. The third kappa shape index (κ3) is 2.27. The third-order valence-electron chi connectivity index (χ3n) is 4.66. The highest BCUT2D eigenvalue weighted by atomic mass is 32.1. The number of carbonyl (C=O) groups excluding carboxylic acids is 1. The summed E-state index contributed by atoms with van der Waals surface area (Å²) in [6.45, 7) is 4.02. The van der Waals surface area contributed by atoms with E-state index in [0.29, 0.717) is 31.4 Å². The van der Waals surface area contributed by atoms with Gasteiger partial charge < -0.3 is 14.1 Å². The van der Waals surface area contributed by atoms with E-state index in [-0.39, 0.29) is 11.4 Å². The first-order valence-corrected chi connectivity index (χ1v) is 8.44. The van der Waals surface area contributed by atoms with Crippen LogP contribution in [0.15, 0.2) is 28.4 Å². The van der Waals surface area contributed by atoms with Crippen molar-refractivity contribution in [3.8, 4) is 10.6 Å². The minimum absolute atomic E-state index is 0.0173. The number of hydrogen-bond acceptors (Lipinski definition) is 5. The standard InChI is InChI=1S/C16H18N2O3S/c1-16(12-2-3-12)10-21-7-5-18(16)15(19)13-9-22-14(17-13)11-4-6-20-8-11/h4,6,8-9,12H,2-3,5,7,10H2,1H3. The molecule has 116 valence electrons. The van der Waals surface area contributed by atoms with E-state index < -0.39 is 0 Å². The highest BCUT2D eigenvalue weighted by Crippen LogP contribution is 2.44. The van der Waals surface area contributed by atoms with Gasteiger partial charge in [0.1, 0.15) is 17.0 Å². The van der Waals surface area contributed by atoms with Crippen molar-refractivity contribution < 1.29 is 13.9 Å². The van der Waals surface area contributed by atoms with Crippen molar-refractivity contribution in [1.29, 1.82) is 0 Å². The van der Waals surface area contributed by atoms with E-state index in [9.17, 15) is 4.79 Å². The number of furan rings is 1. The number of amides is 1. The Bertz CT molecular complexity index is 677. The molecule has 1 saturated heterocycles. The average Bonchev–Trinajstić information content (AvgIpc) is 3.05. The Morgan fingerprint density at radius 1 is 1.50 bits per heavy atom. The number of aromatic nitrogens is 1. The second-order valence-electron chi connectivity index (χ2n) is 6.19. The van der Waals surface area contributed by atoms with Gasteiger partial charge in [-0.25, -0.2) is 4.98 Å². The largest absolute Gasteiger partial charge is 0.472 e. The lowest BCUT2D eigenvalue weighted by molar-refractivity contribution is -0.0549. The highest BCUT2D eigenvalue weighted by molar-refractivity contribution is 7.13. The number of morpholine rings is 1. The van der Waals surface area contributed by atoms with Crippen molar-refractivity contribution in [2.24, 2.45) is 5.92 Å². The molecule has 1 amide bonds. The van der Waals surface area contributed by atoms with Crippen LogP contribution in [0.4, 0.5) is 0 Å². The quantitative estimate of drug-likeness (QED) is 0.873. The molecule has 5 nitrogen and oxygen atoms in total. The molecular formula is C16H18N2O3S. The second kappa shape index (κ2) is 5.21. The van der Waals surface area contributed by atoms with Gasteiger partial charge in [-0.05, 0) is 31.7 Å². The van der Waals surface area contributed by atoms with Gasteiger partial charge in [-0.15, -0.1) is 11.3 Å². The minimum Gasteiger partial charge on any atom is -0.472 e. The molecular weight excluding hydrogens is 300 g/mol. The van der Waals surface area contributed by atoms with E-state index in [2.05, 4.69) is 11.9 Å². The van der Waals surface area contributed by atoms with Crippen LogP contribution >= 0.6 is 11.3 Å². The molecule has 22 heavy (non-hydrogen) atoms. The van der Waals surface area contributed by atoms with Crippen molar-refractivity contribution in [1.82, 2.24) is 9.88 Å². The number of ether oxygens (including phenoxy) is 1. The van der Waals surface area contributed by atoms with Crippen molar-refractivity contribution in [3.63, 3.8) is 0 Å². The van der Waals surface area contributed by atoms with E-state index in [1.165, 1.54) is 24.2 Å².